The summed E-state index contributed by atoms with van der Waals surface area (Å²) < 4.78 is 21.7. The number of rotatable bonds is 7. The highest BCUT2D eigenvalue weighted by atomic mass is 31.2. The first-order chi connectivity index (χ1) is 7.01. The van der Waals surface area contributed by atoms with E-state index in [9.17, 15) is 9.36 Å². The van der Waals surface area contributed by atoms with E-state index in [1.807, 2.05) is 0 Å². The third-order valence-corrected chi connectivity index (χ3v) is 3.27. The highest BCUT2D eigenvalue weighted by molar-refractivity contribution is 7.75. The molecule has 0 aromatic rings. The fraction of sp³-hybridized carbons (Fsp3) is 0.714. The maximum absolute atomic E-state index is 12.0. The molecule has 0 aliphatic heterocycles. The van der Waals surface area contributed by atoms with E-state index in [2.05, 4.69) is 9.99 Å². The molecule has 0 atom stereocenters. The first-order valence-electron chi connectivity index (χ1n) is 4.32. The van der Waals surface area contributed by atoms with Crippen molar-refractivity contribution in [3.05, 3.63) is 0 Å². The second-order valence-electron chi connectivity index (χ2n) is 2.29. The lowest BCUT2D eigenvalue weighted by Gasteiger charge is -2.15. The summed E-state index contributed by atoms with van der Waals surface area (Å²) in [5.41, 5.74) is 4.45. The third-order valence-electron chi connectivity index (χ3n) is 1.26. The fourth-order valence-corrected chi connectivity index (χ4v) is 2.27. The molecule has 0 aromatic carbocycles. The average Bonchev–Trinajstić information content (AvgIpc) is 2.14. The molecule has 0 bridgehead atoms. The Morgan fingerprint density at radius 3 is 2.07 bits per heavy atom. The largest absolute Gasteiger partial charge is 0.398 e. The van der Waals surface area contributed by atoms with Gasteiger partial charge < -0.3 is 19.6 Å². The van der Waals surface area contributed by atoms with Crippen molar-refractivity contribution in [1.82, 2.24) is 0 Å². The number of primary amides is 1. The summed E-state index contributed by atoms with van der Waals surface area (Å²) in [5.74, 6) is -0.998. The van der Waals surface area contributed by atoms with Crippen LogP contribution in [0.2, 0.25) is 0 Å². The zero-order chi connectivity index (χ0) is 11.9. The normalized spacial score (nSPS) is 12.6. The van der Waals surface area contributed by atoms with Crippen LogP contribution in [0.5, 0.6) is 0 Å². The van der Waals surface area contributed by atoms with Gasteiger partial charge in [0.25, 0.3) is 11.4 Å². The summed E-state index contributed by atoms with van der Waals surface area (Å²) in [6.07, 6.45) is 0. The quantitative estimate of drug-likeness (QED) is 0.399. The monoisotopic (exact) mass is 238 g/mol. The van der Waals surface area contributed by atoms with E-state index in [0.717, 1.165) is 0 Å². The van der Waals surface area contributed by atoms with E-state index in [1.54, 1.807) is 13.8 Å². The molecule has 0 unspecified atom stereocenters. The zero-order valence-electron chi connectivity index (χ0n) is 8.93. The predicted molar refractivity (Wildman–Crippen MR) is 54.5 cm³/mol. The summed E-state index contributed by atoms with van der Waals surface area (Å²) in [7, 11) is -2.55. The topological polar surface area (TPSA) is 100 Å². The Morgan fingerprint density at radius 2 is 1.80 bits per heavy atom. The molecule has 0 saturated heterocycles. The van der Waals surface area contributed by atoms with Crippen molar-refractivity contribution in [2.45, 2.75) is 13.8 Å². The van der Waals surface area contributed by atoms with Crippen LogP contribution >= 0.6 is 7.60 Å². The molecule has 15 heavy (non-hydrogen) atoms. The van der Waals surface area contributed by atoms with Crippen molar-refractivity contribution >= 4 is 19.0 Å². The summed E-state index contributed by atoms with van der Waals surface area (Å²) in [4.78, 5) is 15.3. The van der Waals surface area contributed by atoms with Crippen LogP contribution in [0.15, 0.2) is 5.16 Å². The molecule has 0 aromatic heterocycles. The maximum Gasteiger partial charge on any atom is 0.388 e. The van der Waals surface area contributed by atoms with Gasteiger partial charge in [-0.05, 0) is 13.8 Å². The summed E-state index contributed by atoms with van der Waals surface area (Å²) in [5, 5.41) is 3.26. The number of hydrogen-bond acceptors (Lipinski definition) is 6. The number of carbonyl (C=O) groups is 1. The molecule has 0 heterocycles. The van der Waals surface area contributed by atoms with Crippen molar-refractivity contribution in [1.29, 1.82) is 0 Å². The summed E-state index contributed by atoms with van der Waals surface area (Å²) >= 11 is 0. The van der Waals surface area contributed by atoms with E-state index in [1.165, 1.54) is 7.11 Å². The van der Waals surface area contributed by atoms with E-state index in [0.29, 0.717) is 0 Å². The van der Waals surface area contributed by atoms with Crippen LogP contribution in [0.25, 0.3) is 0 Å². The smallest absolute Gasteiger partial charge is 0.388 e. The van der Waals surface area contributed by atoms with Gasteiger partial charge in [0, 0.05) is 0 Å². The van der Waals surface area contributed by atoms with Gasteiger partial charge in [-0.2, -0.15) is 0 Å². The Hall–Kier alpha value is -0.910. The molecule has 0 fully saturated rings. The minimum atomic E-state index is -3.75. The van der Waals surface area contributed by atoms with Crippen LogP contribution in [-0.4, -0.2) is 31.7 Å². The van der Waals surface area contributed by atoms with E-state index < -0.39 is 19.0 Å². The van der Waals surface area contributed by atoms with Crippen LogP contribution in [0, 0.1) is 0 Å². The van der Waals surface area contributed by atoms with Crippen LogP contribution in [0.3, 0.4) is 0 Å². The van der Waals surface area contributed by atoms with Crippen molar-refractivity contribution < 1.29 is 23.2 Å². The summed E-state index contributed by atoms with van der Waals surface area (Å²) in [6.45, 7) is 3.43. The first kappa shape index (κ1) is 14.1. The molecular formula is C7H15N2O5P. The second kappa shape index (κ2) is 6.55. The molecule has 0 rings (SSSR count). The van der Waals surface area contributed by atoms with E-state index in [-0.39, 0.29) is 13.2 Å². The first-order valence-corrected chi connectivity index (χ1v) is 5.86. The Labute approximate surface area is 88.1 Å². The zero-order valence-corrected chi connectivity index (χ0v) is 9.82. The number of oxime groups is 1. The molecule has 0 spiro atoms. The highest BCUT2D eigenvalue weighted by Crippen LogP contribution is 2.49. The number of nitrogens with two attached hydrogens (primary N) is 1. The molecule has 0 radical (unpaired) electrons. The molecule has 0 aliphatic rings. The van der Waals surface area contributed by atoms with Crippen molar-refractivity contribution in [2.75, 3.05) is 20.3 Å². The minimum absolute atomic E-state index is 0.104. The minimum Gasteiger partial charge on any atom is -0.398 e. The average molecular weight is 238 g/mol. The van der Waals surface area contributed by atoms with Crippen LogP contribution < -0.4 is 5.73 Å². The van der Waals surface area contributed by atoms with E-state index in [4.69, 9.17) is 14.8 Å². The lowest BCUT2D eigenvalue weighted by atomic mass is 10.7. The lowest BCUT2D eigenvalue weighted by molar-refractivity contribution is -0.112. The number of nitrogens with zero attached hydrogens (tertiary/aromatic N) is 1. The number of hydrogen-bond donors (Lipinski definition) is 1. The molecule has 0 saturated carbocycles. The van der Waals surface area contributed by atoms with Crippen LogP contribution in [0.4, 0.5) is 0 Å². The molecule has 8 heteroatoms. The SMILES string of the molecule is CCOP(=O)(OCC)/C(=N/OC)C(N)=O. The molecule has 1 amide bonds. The van der Waals surface area contributed by atoms with Gasteiger partial charge in [-0.1, -0.05) is 5.16 Å². The fourth-order valence-electron chi connectivity index (χ4n) is 0.816. The number of carbonyl (C=O) groups excluding carboxylic acids is 1. The van der Waals surface area contributed by atoms with Gasteiger partial charge in [0.15, 0.2) is 0 Å². The second-order valence-corrected chi connectivity index (χ2v) is 4.23. The van der Waals surface area contributed by atoms with E-state index >= 15 is 0 Å². The Morgan fingerprint density at radius 1 is 1.33 bits per heavy atom. The molecule has 2 N–H and O–H groups in total. The molecule has 7 nitrogen and oxygen atoms in total. The van der Waals surface area contributed by atoms with Gasteiger partial charge in [-0.3, -0.25) is 9.36 Å². The van der Waals surface area contributed by atoms with Gasteiger partial charge >= 0.3 is 7.60 Å². The standard InChI is InChI=1S/C7H15N2O5P/c1-4-13-15(11,14-5-2)7(6(8)10)9-12-3/h4-5H2,1-3H3,(H2,8,10)/b9-7+. The Kier molecular flexibility index (Phi) is 6.15. The summed E-state index contributed by atoms with van der Waals surface area (Å²) in [6, 6.07) is 0. The number of amides is 1. The van der Waals surface area contributed by atoms with Gasteiger partial charge in [0.2, 0.25) is 0 Å². The van der Waals surface area contributed by atoms with Gasteiger partial charge in [-0.25, -0.2) is 0 Å². The molecular weight excluding hydrogens is 223 g/mol. The predicted octanol–water partition coefficient (Wildman–Crippen LogP) is 0.698. The third kappa shape index (κ3) is 3.99. The Balaban J connectivity index is 5.09. The molecule has 88 valence electrons. The van der Waals surface area contributed by atoms with Crippen LogP contribution in [0.1, 0.15) is 13.8 Å². The van der Waals surface area contributed by atoms with Crippen molar-refractivity contribution in [3.63, 3.8) is 0 Å². The van der Waals surface area contributed by atoms with Crippen molar-refractivity contribution in [2.24, 2.45) is 10.9 Å². The maximum atomic E-state index is 12.0. The van der Waals surface area contributed by atoms with Crippen molar-refractivity contribution in [3.8, 4) is 0 Å². The van der Waals surface area contributed by atoms with Gasteiger partial charge in [-0.15, -0.1) is 0 Å². The lowest BCUT2D eigenvalue weighted by Crippen LogP contribution is -2.25. The van der Waals surface area contributed by atoms with Gasteiger partial charge in [0.05, 0.1) is 13.2 Å². The van der Waals surface area contributed by atoms with Crippen LogP contribution in [-0.2, 0) is 23.2 Å². The highest BCUT2D eigenvalue weighted by Gasteiger charge is 2.36. The molecule has 0 aliphatic carbocycles. The van der Waals surface area contributed by atoms with Gasteiger partial charge in [0.1, 0.15) is 7.11 Å². The Bertz CT molecular complexity index is 281.